The molecule has 2 unspecified atom stereocenters. The van der Waals surface area contributed by atoms with Crippen LogP contribution < -0.4 is 5.73 Å². The van der Waals surface area contributed by atoms with Crippen LogP contribution >= 0.6 is 0 Å². The third-order valence-corrected chi connectivity index (χ3v) is 18.3. The number of carbonyl (C=O) groups is 2. The van der Waals surface area contributed by atoms with Crippen LogP contribution in [0.15, 0.2) is 84.9 Å². The van der Waals surface area contributed by atoms with E-state index in [-0.39, 0.29) is 71.5 Å². The first kappa shape index (κ1) is 49.4. The molecule has 0 spiro atoms. The molecule has 4 heterocycles. The first-order valence-corrected chi connectivity index (χ1v) is 25.4. The first-order chi connectivity index (χ1) is 31.4. The van der Waals surface area contributed by atoms with Gasteiger partial charge in [-0.05, 0) is 94.7 Å². The van der Waals surface area contributed by atoms with Crippen LogP contribution in [0, 0.1) is 35.1 Å². The molecule has 6 atom stereocenters. The molecule has 0 aromatic heterocycles. The molecular formula is C49H57F4N3O8S2. The van der Waals surface area contributed by atoms with E-state index in [0.29, 0.717) is 69.7 Å². The molecule has 66 heavy (non-hydrogen) atoms. The number of ether oxygens (including phenoxy) is 2. The van der Waals surface area contributed by atoms with Crippen molar-refractivity contribution in [2.45, 2.75) is 107 Å². The number of rotatable bonds is 14. The molecule has 0 aliphatic carbocycles. The van der Waals surface area contributed by atoms with Gasteiger partial charge in [0.1, 0.15) is 39.6 Å². The van der Waals surface area contributed by atoms with Gasteiger partial charge in [0.2, 0.25) is 26.0 Å². The summed E-state index contributed by atoms with van der Waals surface area (Å²) < 4.78 is 127. The summed E-state index contributed by atoms with van der Waals surface area (Å²) >= 11 is 0. The van der Waals surface area contributed by atoms with E-state index in [1.165, 1.54) is 15.5 Å². The van der Waals surface area contributed by atoms with Gasteiger partial charge in [0.05, 0.1) is 32.3 Å². The fourth-order valence-corrected chi connectivity index (χ4v) is 13.8. The summed E-state index contributed by atoms with van der Waals surface area (Å²) in [4.78, 5) is 24.1. The maximum absolute atomic E-state index is 15.1. The number of Topliss-reactive ketones (excluding diaryl/α,β-unsaturated/α-hetero) is 1. The molecule has 4 fully saturated rings. The number of hydrogen-bond acceptors (Lipinski definition) is 8. The molecule has 8 rings (SSSR count). The molecule has 0 saturated carbocycles. The number of amides is 1. The molecule has 2 N–H and O–H groups in total. The Morgan fingerprint density at radius 2 is 0.985 bits per heavy atom. The highest BCUT2D eigenvalue weighted by Gasteiger charge is 2.43. The maximum atomic E-state index is 15.1. The summed E-state index contributed by atoms with van der Waals surface area (Å²) in [7, 11) is -7.56. The summed E-state index contributed by atoms with van der Waals surface area (Å²) in [6, 6.07) is 21.3. The minimum atomic E-state index is -3.79. The lowest BCUT2D eigenvalue weighted by Gasteiger charge is -2.37. The average Bonchev–Trinajstić information content (AvgIpc) is 3.23. The second kappa shape index (κ2) is 20.8. The van der Waals surface area contributed by atoms with Gasteiger partial charge in [0.15, 0.2) is 0 Å². The van der Waals surface area contributed by atoms with Crippen LogP contribution in [0.5, 0.6) is 0 Å². The number of nitrogens with zero attached hydrogens (tertiary/aromatic N) is 2. The quantitative estimate of drug-likeness (QED) is 0.124. The largest absolute Gasteiger partial charge is 0.381 e. The van der Waals surface area contributed by atoms with E-state index in [2.05, 4.69) is 0 Å². The third kappa shape index (κ3) is 10.8. The predicted molar refractivity (Wildman–Crippen MR) is 241 cm³/mol. The molecule has 17 heteroatoms. The normalized spacial score (nSPS) is 24.2. The van der Waals surface area contributed by atoms with Gasteiger partial charge in [0, 0.05) is 65.2 Å². The van der Waals surface area contributed by atoms with Gasteiger partial charge in [-0.2, -0.15) is 8.61 Å². The zero-order valence-electron chi connectivity index (χ0n) is 37.3. The number of hydrogen-bond donors (Lipinski definition) is 1. The first-order valence-electron chi connectivity index (χ1n) is 22.4. The monoisotopic (exact) mass is 955 g/mol. The smallest absolute Gasteiger partial charge is 0.225 e. The van der Waals surface area contributed by atoms with Crippen LogP contribution in [0.1, 0.15) is 115 Å². The van der Waals surface area contributed by atoms with Gasteiger partial charge in [-0.25, -0.2) is 34.4 Å². The number of nitrogens with two attached hydrogens (primary N) is 1. The van der Waals surface area contributed by atoms with Crippen molar-refractivity contribution in [1.82, 2.24) is 8.61 Å². The summed E-state index contributed by atoms with van der Waals surface area (Å²) in [5.74, 6) is -5.37. The molecule has 4 saturated heterocycles. The highest BCUT2D eigenvalue weighted by Crippen LogP contribution is 2.41. The lowest BCUT2D eigenvalue weighted by atomic mass is 9.84. The van der Waals surface area contributed by atoms with Gasteiger partial charge in [-0.1, -0.05) is 60.7 Å². The second-order valence-electron chi connectivity index (χ2n) is 18.2. The average molecular weight is 956 g/mol. The van der Waals surface area contributed by atoms with E-state index in [1.807, 2.05) is 12.1 Å². The van der Waals surface area contributed by atoms with Crippen molar-refractivity contribution in [2.75, 3.05) is 26.4 Å². The van der Waals surface area contributed by atoms with Crippen LogP contribution in [0.4, 0.5) is 17.6 Å². The van der Waals surface area contributed by atoms with Gasteiger partial charge in [0.25, 0.3) is 0 Å². The number of ketones is 1. The number of primary amides is 1. The molecule has 4 aliphatic rings. The molecule has 4 aromatic rings. The van der Waals surface area contributed by atoms with Crippen LogP contribution in [0.25, 0.3) is 0 Å². The van der Waals surface area contributed by atoms with Crippen LogP contribution in [0.2, 0.25) is 0 Å². The summed E-state index contributed by atoms with van der Waals surface area (Å²) in [6.07, 6.45) is 2.85. The van der Waals surface area contributed by atoms with Crippen molar-refractivity contribution < 1.29 is 53.5 Å². The van der Waals surface area contributed by atoms with Gasteiger partial charge >= 0.3 is 0 Å². The maximum Gasteiger partial charge on any atom is 0.225 e. The molecule has 0 bridgehead atoms. The van der Waals surface area contributed by atoms with Crippen molar-refractivity contribution >= 4 is 31.7 Å². The Hall–Kier alpha value is -4.52. The molecule has 11 nitrogen and oxygen atoms in total. The van der Waals surface area contributed by atoms with Gasteiger partial charge in [-0.3, -0.25) is 9.59 Å². The number of carbonyl (C=O) groups excluding carboxylic acids is 2. The van der Waals surface area contributed by atoms with Gasteiger partial charge in [-0.15, -0.1) is 0 Å². The van der Waals surface area contributed by atoms with Crippen molar-refractivity contribution in [2.24, 2.45) is 17.6 Å². The van der Waals surface area contributed by atoms with E-state index in [1.54, 1.807) is 62.4 Å². The van der Waals surface area contributed by atoms with E-state index >= 15 is 17.6 Å². The van der Waals surface area contributed by atoms with E-state index < -0.39 is 71.6 Å². The number of halogens is 4. The predicted octanol–water partition coefficient (Wildman–Crippen LogP) is 8.35. The van der Waals surface area contributed by atoms with Crippen molar-refractivity contribution in [3.8, 4) is 0 Å². The number of benzene rings is 4. The molecule has 4 aliphatic heterocycles. The Balaban J connectivity index is 0.000000196. The highest BCUT2D eigenvalue weighted by atomic mass is 32.2. The molecular weight excluding hydrogens is 899 g/mol. The molecule has 0 radical (unpaired) electrons. The Morgan fingerprint density at radius 1 is 0.606 bits per heavy atom. The lowest BCUT2D eigenvalue weighted by molar-refractivity contribution is -0.121. The zero-order valence-corrected chi connectivity index (χ0v) is 38.9. The third-order valence-electron chi connectivity index (χ3n) is 13.5. The van der Waals surface area contributed by atoms with Crippen LogP contribution in [-0.2, 0) is 52.2 Å². The van der Waals surface area contributed by atoms with Crippen molar-refractivity contribution in [1.29, 1.82) is 0 Å². The molecule has 356 valence electrons. The Kier molecular flexibility index (Phi) is 15.5. The summed E-state index contributed by atoms with van der Waals surface area (Å²) in [6.45, 7) is 6.34. The summed E-state index contributed by atoms with van der Waals surface area (Å²) in [5.41, 5.74) is 6.66. The Morgan fingerprint density at radius 3 is 1.33 bits per heavy atom. The van der Waals surface area contributed by atoms with Crippen molar-refractivity contribution in [3.05, 3.63) is 142 Å². The summed E-state index contributed by atoms with van der Waals surface area (Å²) in [5, 5.41) is -1.44. The fourth-order valence-electron chi connectivity index (χ4n) is 9.44. The van der Waals surface area contributed by atoms with E-state index in [4.69, 9.17) is 15.2 Å². The lowest BCUT2D eigenvalue weighted by Crippen LogP contribution is -2.44. The Labute approximate surface area is 384 Å². The molecule has 1 amide bonds. The highest BCUT2D eigenvalue weighted by molar-refractivity contribution is 7.89. The standard InChI is InChI=1S/C25H29F2NO4S.C24H28F2N2O4S/c1-16-8-9-25(19-6-4-3-5-7-19)33(30,31)28(16)13-20-11-24(27)22(12-23(20)26)21(17(2)29)10-18-14-32-15-18;1-15-7-8-23(17-5-3-2-4-6-17)33(30,31)28(15)12-18-10-22(26)19(11-21(18)25)20(24(27)29)9-16-13-32-14-16/h3-7,11-12,16,18,21,25H,8-10,13-15H2,1-2H3;2-6,10-11,15-16,20,23H,7-9,12-14H2,1H3,(H2,27,29)/t16-,21?,25+;15-,20?,23+/m00/s1. The van der Waals surface area contributed by atoms with Crippen LogP contribution in [-0.4, -0.2) is 75.6 Å². The van der Waals surface area contributed by atoms with E-state index in [0.717, 1.165) is 24.3 Å². The fraction of sp³-hybridized carbons (Fsp3) is 0.469. The minimum absolute atomic E-state index is 0.0207. The molecule has 4 aromatic carbocycles. The zero-order chi connectivity index (χ0) is 47.5. The van der Waals surface area contributed by atoms with E-state index in [9.17, 15) is 26.4 Å². The second-order valence-corrected chi connectivity index (χ2v) is 22.3. The van der Waals surface area contributed by atoms with Crippen LogP contribution in [0.3, 0.4) is 0 Å². The topological polar surface area (TPSA) is 153 Å². The SMILES string of the molecule is CC(=O)C(CC1COC1)c1cc(F)c(CN2[C@@H](C)CC[C@H](c3ccccc3)S2(=O)=O)cc1F.C[C@H]1CC[C@H](c2ccccc2)S(=O)(=O)N1Cc1cc(F)c(C(CC2COC2)C(N)=O)cc1F. The van der Waals surface area contributed by atoms with Gasteiger partial charge < -0.3 is 15.2 Å². The minimum Gasteiger partial charge on any atom is -0.381 e. The number of sulfonamides is 2. The Bertz CT molecular complexity index is 2420. The van der Waals surface area contributed by atoms with Crippen molar-refractivity contribution in [3.63, 3.8) is 0 Å².